The lowest BCUT2D eigenvalue weighted by molar-refractivity contribution is -0.300. The third kappa shape index (κ3) is 5.49. The Morgan fingerprint density at radius 1 is 1.05 bits per heavy atom. The molecule has 112 valence electrons. The van der Waals surface area contributed by atoms with E-state index in [4.69, 9.17) is 9.47 Å². The van der Waals surface area contributed by atoms with Crippen molar-refractivity contribution >= 4 is 23.5 Å². The lowest BCUT2D eigenvalue weighted by Crippen LogP contribution is -2.44. The second-order valence-electron chi connectivity index (χ2n) is 5.98. The lowest BCUT2D eigenvalue weighted by atomic mass is 10.0. The van der Waals surface area contributed by atoms with Crippen LogP contribution in [0.2, 0.25) is 0 Å². The van der Waals surface area contributed by atoms with Gasteiger partial charge < -0.3 is 9.47 Å². The van der Waals surface area contributed by atoms with Crippen LogP contribution >= 0.6 is 23.5 Å². The molecular weight excluding hydrogens is 276 g/mol. The van der Waals surface area contributed by atoms with Crippen LogP contribution in [-0.2, 0) is 9.47 Å². The molecule has 0 N–H and O–H groups in total. The maximum absolute atomic E-state index is 6.06. The summed E-state index contributed by atoms with van der Waals surface area (Å²) < 4.78 is 12.8. The maximum Gasteiger partial charge on any atom is 0.163 e. The topological polar surface area (TPSA) is 18.5 Å². The number of rotatable bonds is 5. The molecule has 0 aromatic carbocycles. The van der Waals surface area contributed by atoms with E-state index in [1.807, 2.05) is 0 Å². The molecule has 0 bridgehead atoms. The van der Waals surface area contributed by atoms with Crippen LogP contribution < -0.4 is 0 Å². The monoisotopic (exact) mass is 304 g/mol. The molecule has 2 heterocycles. The fourth-order valence-electron chi connectivity index (χ4n) is 2.86. The molecule has 2 rings (SSSR count). The molecule has 2 aliphatic heterocycles. The van der Waals surface area contributed by atoms with Gasteiger partial charge >= 0.3 is 0 Å². The van der Waals surface area contributed by atoms with E-state index in [1.54, 1.807) is 0 Å². The van der Waals surface area contributed by atoms with Crippen LogP contribution in [0.1, 0.15) is 59.3 Å². The van der Waals surface area contributed by atoms with Gasteiger partial charge in [-0.25, -0.2) is 0 Å². The highest BCUT2D eigenvalue weighted by Crippen LogP contribution is 2.35. The summed E-state index contributed by atoms with van der Waals surface area (Å²) in [5.74, 6) is 2.32. The van der Waals surface area contributed by atoms with Crippen LogP contribution in [0.3, 0.4) is 0 Å². The van der Waals surface area contributed by atoms with Crippen LogP contribution in [0.15, 0.2) is 0 Å². The number of hydrogen-bond donors (Lipinski definition) is 0. The van der Waals surface area contributed by atoms with Gasteiger partial charge in [-0.1, -0.05) is 6.92 Å². The maximum atomic E-state index is 6.06. The van der Waals surface area contributed by atoms with Crippen LogP contribution in [0.5, 0.6) is 0 Å². The third-order valence-electron chi connectivity index (χ3n) is 3.74. The van der Waals surface area contributed by atoms with Crippen molar-refractivity contribution in [1.29, 1.82) is 0 Å². The van der Waals surface area contributed by atoms with Gasteiger partial charge in [-0.15, -0.1) is 23.5 Å². The minimum Gasteiger partial charge on any atom is -0.347 e. The predicted molar refractivity (Wildman–Crippen MR) is 85.9 cm³/mol. The molecule has 0 unspecified atom stereocenters. The number of thioether (sulfide) groups is 2. The smallest absolute Gasteiger partial charge is 0.163 e. The number of ether oxygens (including phenoxy) is 2. The molecule has 2 aliphatic rings. The van der Waals surface area contributed by atoms with Crippen molar-refractivity contribution in [2.45, 2.75) is 81.9 Å². The highest BCUT2D eigenvalue weighted by Gasteiger charge is 2.34. The summed E-state index contributed by atoms with van der Waals surface area (Å²) in [5, 5.41) is 0. The molecule has 2 fully saturated rings. The molecular formula is C15H28O2S2. The van der Waals surface area contributed by atoms with E-state index >= 15 is 0 Å². The Kier molecular flexibility index (Phi) is 6.38. The molecule has 0 aliphatic carbocycles. The molecule has 2 atom stereocenters. The predicted octanol–water partition coefficient (Wildman–Crippen LogP) is 4.67. The average Bonchev–Trinajstić information content (AvgIpc) is 2.38. The Morgan fingerprint density at radius 2 is 1.74 bits per heavy atom. The molecule has 0 spiro atoms. The summed E-state index contributed by atoms with van der Waals surface area (Å²) >= 11 is 4.30. The zero-order chi connectivity index (χ0) is 13.7. The quantitative estimate of drug-likeness (QED) is 0.734. The lowest BCUT2D eigenvalue weighted by Gasteiger charge is -2.40. The van der Waals surface area contributed by atoms with Crippen LogP contribution in [0, 0.1) is 0 Å². The van der Waals surface area contributed by atoms with Gasteiger partial charge in [-0.2, -0.15) is 0 Å². The van der Waals surface area contributed by atoms with Crippen molar-refractivity contribution in [3.05, 3.63) is 0 Å². The van der Waals surface area contributed by atoms with Crippen LogP contribution in [-0.4, -0.2) is 34.1 Å². The molecule has 2 nitrogen and oxygen atoms in total. The van der Waals surface area contributed by atoms with E-state index in [0.717, 1.165) is 17.4 Å². The van der Waals surface area contributed by atoms with E-state index in [0.29, 0.717) is 12.2 Å². The Labute approximate surface area is 126 Å². The Hall–Kier alpha value is 0.620. The highest BCUT2D eigenvalue weighted by molar-refractivity contribution is 8.17. The first-order chi connectivity index (χ1) is 9.09. The molecule has 2 saturated heterocycles. The first kappa shape index (κ1) is 16.0. The fraction of sp³-hybridized carbons (Fsp3) is 1.00. The fourth-order valence-corrected chi connectivity index (χ4v) is 5.82. The Bertz CT molecular complexity index is 265. The summed E-state index contributed by atoms with van der Waals surface area (Å²) in [4.78, 5) is 0. The first-order valence-corrected chi connectivity index (χ1v) is 9.77. The van der Waals surface area contributed by atoms with E-state index in [2.05, 4.69) is 44.3 Å². The van der Waals surface area contributed by atoms with E-state index in [-0.39, 0.29) is 0 Å². The second kappa shape index (κ2) is 7.58. The summed E-state index contributed by atoms with van der Waals surface area (Å²) in [6.45, 7) is 6.31. The zero-order valence-corrected chi connectivity index (χ0v) is 14.2. The first-order valence-electron chi connectivity index (χ1n) is 7.68. The van der Waals surface area contributed by atoms with E-state index < -0.39 is 5.79 Å². The molecule has 0 amide bonds. The number of hydrogen-bond acceptors (Lipinski definition) is 4. The van der Waals surface area contributed by atoms with Crippen molar-refractivity contribution < 1.29 is 9.47 Å². The Balaban J connectivity index is 1.69. The van der Waals surface area contributed by atoms with Gasteiger partial charge in [0.15, 0.2) is 5.79 Å². The normalized spacial score (nSPS) is 32.4. The largest absolute Gasteiger partial charge is 0.347 e. The summed E-state index contributed by atoms with van der Waals surface area (Å²) in [6.07, 6.45) is 8.17. The summed E-state index contributed by atoms with van der Waals surface area (Å²) in [7, 11) is 0. The molecule has 0 saturated carbocycles. The molecule has 19 heavy (non-hydrogen) atoms. The van der Waals surface area contributed by atoms with Gasteiger partial charge in [0.1, 0.15) is 0 Å². The van der Waals surface area contributed by atoms with Crippen LogP contribution in [0.4, 0.5) is 0 Å². The molecule has 0 aromatic heterocycles. The van der Waals surface area contributed by atoms with Gasteiger partial charge in [0, 0.05) is 6.42 Å². The van der Waals surface area contributed by atoms with E-state index in [1.165, 1.54) is 37.2 Å². The van der Waals surface area contributed by atoms with Crippen molar-refractivity contribution in [3.63, 3.8) is 0 Å². The standard InChI is InChI=1S/C15H28O2S2/c1-4-12-11-13(17-15(2,3)16-12)7-5-8-14-18-9-6-10-19-14/h12-14H,4-11H2,1-3H3/t12-,13-/m1/s1. The molecule has 0 radical (unpaired) electrons. The van der Waals surface area contributed by atoms with Crippen molar-refractivity contribution in [2.75, 3.05) is 11.5 Å². The Morgan fingerprint density at radius 3 is 2.42 bits per heavy atom. The van der Waals surface area contributed by atoms with Crippen molar-refractivity contribution in [3.8, 4) is 0 Å². The van der Waals surface area contributed by atoms with Crippen molar-refractivity contribution in [2.24, 2.45) is 0 Å². The highest BCUT2D eigenvalue weighted by atomic mass is 32.2. The SMILES string of the molecule is CC[C@@H]1C[C@@H](CCCC2SCCCS2)OC(C)(C)O1. The van der Waals surface area contributed by atoms with Gasteiger partial charge in [0.2, 0.25) is 0 Å². The van der Waals surface area contributed by atoms with Gasteiger partial charge in [-0.05, 0) is 57.5 Å². The van der Waals surface area contributed by atoms with Gasteiger partial charge in [-0.3, -0.25) is 0 Å². The summed E-state index contributed by atoms with van der Waals surface area (Å²) in [6, 6.07) is 0. The minimum absolute atomic E-state index is 0.382. The summed E-state index contributed by atoms with van der Waals surface area (Å²) in [5.41, 5.74) is 0. The third-order valence-corrected chi connectivity index (χ3v) is 6.82. The van der Waals surface area contributed by atoms with E-state index in [9.17, 15) is 0 Å². The van der Waals surface area contributed by atoms with Gasteiger partial charge in [0.05, 0.1) is 16.8 Å². The molecule has 0 aromatic rings. The average molecular weight is 305 g/mol. The zero-order valence-electron chi connectivity index (χ0n) is 12.5. The minimum atomic E-state index is -0.391. The van der Waals surface area contributed by atoms with Crippen LogP contribution in [0.25, 0.3) is 0 Å². The van der Waals surface area contributed by atoms with Crippen molar-refractivity contribution in [1.82, 2.24) is 0 Å². The molecule has 4 heteroatoms. The van der Waals surface area contributed by atoms with Gasteiger partial charge in [0.25, 0.3) is 0 Å². The second-order valence-corrected chi connectivity index (χ2v) is 8.90.